The number of carbonyl (C=O) groups excluding carboxylic acids is 3. The number of cyclic esters (lactones) is 1. The first kappa shape index (κ1) is 18.2. The number of hydrogen-bond acceptors (Lipinski definition) is 4. The van der Waals surface area contributed by atoms with Crippen molar-refractivity contribution in [1.29, 1.82) is 0 Å². The van der Waals surface area contributed by atoms with Gasteiger partial charge in [-0.15, -0.1) is 0 Å². The van der Waals surface area contributed by atoms with Gasteiger partial charge in [0.25, 0.3) is 5.91 Å². The van der Waals surface area contributed by atoms with E-state index < -0.39 is 6.04 Å². The molecule has 2 N–H and O–H groups in total. The highest BCUT2D eigenvalue weighted by molar-refractivity contribution is 5.99. The Bertz CT molecular complexity index is 910. The molecule has 2 aliphatic rings. The van der Waals surface area contributed by atoms with Crippen molar-refractivity contribution in [3.63, 3.8) is 0 Å². The largest absolute Gasteiger partial charge is 0.454 e. The maximum Gasteiger partial charge on any atom is 0.339 e. The summed E-state index contributed by atoms with van der Waals surface area (Å²) in [5.41, 5.74) is 2.63. The molecule has 0 radical (unpaired) electrons. The fourth-order valence-corrected chi connectivity index (χ4v) is 3.71. The Balaban J connectivity index is 1.54. The summed E-state index contributed by atoms with van der Waals surface area (Å²) in [4.78, 5) is 37.1. The van der Waals surface area contributed by atoms with Crippen LogP contribution in [0.1, 0.15) is 57.2 Å². The van der Waals surface area contributed by atoms with Gasteiger partial charge in [0.2, 0.25) is 5.91 Å². The zero-order chi connectivity index (χ0) is 19.5. The third kappa shape index (κ3) is 3.76. The quantitative estimate of drug-likeness (QED) is 0.804. The summed E-state index contributed by atoms with van der Waals surface area (Å²) in [7, 11) is 0. The molecule has 2 heterocycles. The summed E-state index contributed by atoms with van der Waals surface area (Å²) in [5, 5.41) is 5.63. The minimum Gasteiger partial charge on any atom is -0.454 e. The van der Waals surface area contributed by atoms with Crippen LogP contribution in [0, 0.1) is 0 Å². The van der Waals surface area contributed by atoms with Gasteiger partial charge in [0, 0.05) is 18.5 Å². The Morgan fingerprint density at radius 1 is 1.07 bits per heavy atom. The maximum atomic E-state index is 12.7. The molecule has 0 unspecified atom stereocenters. The molecule has 6 nitrogen and oxygen atoms in total. The maximum absolute atomic E-state index is 12.7. The molecule has 0 spiro atoms. The van der Waals surface area contributed by atoms with Crippen LogP contribution in [0.25, 0.3) is 0 Å². The molecule has 4 rings (SSSR count). The highest BCUT2D eigenvalue weighted by Gasteiger charge is 2.29. The first-order valence-electron chi connectivity index (χ1n) is 9.59. The van der Waals surface area contributed by atoms with Gasteiger partial charge in [-0.2, -0.15) is 0 Å². The summed E-state index contributed by atoms with van der Waals surface area (Å²) < 4.78 is 5.56. The number of benzene rings is 2. The topological polar surface area (TPSA) is 84.5 Å². The summed E-state index contributed by atoms with van der Waals surface area (Å²) in [5.74, 6) is -0.832. The van der Waals surface area contributed by atoms with Crippen LogP contribution in [0.4, 0.5) is 0 Å². The molecule has 144 valence electrons. The highest BCUT2D eigenvalue weighted by Crippen LogP contribution is 2.31. The second-order valence-corrected chi connectivity index (χ2v) is 7.19. The molecular formula is C22H22N2O4. The molecule has 2 atom stereocenters. The van der Waals surface area contributed by atoms with E-state index in [1.165, 1.54) is 0 Å². The molecule has 2 aromatic rings. The van der Waals surface area contributed by atoms with E-state index in [0.29, 0.717) is 30.5 Å². The Kier molecular flexibility index (Phi) is 5.10. The number of rotatable bonds is 3. The van der Waals surface area contributed by atoms with Crippen LogP contribution in [-0.2, 0) is 16.0 Å². The van der Waals surface area contributed by atoms with Crippen molar-refractivity contribution in [3.05, 3.63) is 70.8 Å². The van der Waals surface area contributed by atoms with E-state index in [9.17, 15) is 14.4 Å². The van der Waals surface area contributed by atoms with Crippen LogP contribution >= 0.6 is 0 Å². The van der Waals surface area contributed by atoms with E-state index in [-0.39, 0.29) is 23.9 Å². The van der Waals surface area contributed by atoms with E-state index in [1.54, 1.807) is 18.2 Å². The molecule has 0 aliphatic carbocycles. The van der Waals surface area contributed by atoms with E-state index in [4.69, 9.17) is 4.74 Å². The van der Waals surface area contributed by atoms with Gasteiger partial charge in [-0.05, 0) is 48.6 Å². The lowest BCUT2D eigenvalue weighted by molar-refractivity contribution is -0.122. The third-order valence-electron chi connectivity index (χ3n) is 5.25. The second-order valence-electron chi connectivity index (χ2n) is 7.19. The van der Waals surface area contributed by atoms with Gasteiger partial charge in [0.05, 0.1) is 5.56 Å². The molecule has 0 aromatic heterocycles. The standard InChI is InChI=1S/C22H22N2O4/c25-20(24-18-8-4-5-11-23-21(18)26)15-9-10-17-16(12-15)13-19(28-22(17)27)14-6-2-1-3-7-14/h1-3,6-7,9-10,12,18-19H,4-5,8,11,13H2,(H,23,26)(H,24,25)/t18-,19-/m0/s1. The van der Waals surface area contributed by atoms with Crippen molar-refractivity contribution in [2.24, 2.45) is 0 Å². The van der Waals surface area contributed by atoms with E-state index >= 15 is 0 Å². The molecule has 1 fully saturated rings. The Labute approximate surface area is 163 Å². The fraction of sp³-hybridized carbons (Fsp3) is 0.318. The molecule has 0 bridgehead atoms. The summed E-state index contributed by atoms with van der Waals surface area (Å²) in [6.07, 6.45) is 2.58. The van der Waals surface area contributed by atoms with Crippen molar-refractivity contribution in [1.82, 2.24) is 10.6 Å². The zero-order valence-corrected chi connectivity index (χ0v) is 15.4. The van der Waals surface area contributed by atoms with Gasteiger partial charge in [0.15, 0.2) is 0 Å². The van der Waals surface area contributed by atoms with Gasteiger partial charge in [-0.25, -0.2) is 4.79 Å². The average molecular weight is 378 g/mol. The minimum absolute atomic E-state index is 0.142. The Morgan fingerprint density at radius 2 is 1.89 bits per heavy atom. The van der Waals surface area contributed by atoms with Crippen molar-refractivity contribution in [3.8, 4) is 0 Å². The van der Waals surface area contributed by atoms with Gasteiger partial charge in [-0.1, -0.05) is 30.3 Å². The predicted octanol–water partition coefficient (Wildman–Crippen LogP) is 2.54. The Hall–Kier alpha value is -3.15. The normalized spacial score (nSPS) is 21.7. The van der Waals surface area contributed by atoms with Crippen LogP contribution in [0.5, 0.6) is 0 Å². The summed E-state index contributed by atoms with van der Waals surface area (Å²) in [6, 6.07) is 14.0. The molecule has 2 aromatic carbocycles. The number of carbonyl (C=O) groups is 3. The second kappa shape index (κ2) is 7.84. The smallest absolute Gasteiger partial charge is 0.339 e. The number of amides is 2. The third-order valence-corrected chi connectivity index (χ3v) is 5.25. The van der Waals surface area contributed by atoms with Gasteiger partial charge in [0.1, 0.15) is 12.1 Å². The summed E-state index contributed by atoms with van der Waals surface area (Å²) in [6.45, 7) is 0.646. The lowest BCUT2D eigenvalue weighted by atomic mass is 9.93. The molecule has 6 heteroatoms. The fourth-order valence-electron chi connectivity index (χ4n) is 3.71. The number of fused-ring (bicyclic) bond motifs is 1. The minimum atomic E-state index is -0.520. The molecule has 28 heavy (non-hydrogen) atoms. The van der Waals surface area contributed by atoms with Crippen molar-refractivity contribution in [2.75, 3.05) is 6.54 Å². The van der Waals surface area contributed by atoms with Gasteiger partial charge < -0.3 is 15.4 Å². The Morgan fingerprint density at radius 3 is 2.71 bits per heavy atom. The van der Waals surface area contributed by atoms with Crippen LogP contribution in [0.15, 0.2) is 48.5 Å². The highest BCUT2D eigenvalue weighted by atomic mass is 16.5. The van der Waals surface area contributed by atoms with Gasteiger partial charge in [-0.3, -0.25) is 9.59 Å². The van der Waals surface area contributed by atoms with Crippen molar-refractivity contribution < 1.29 is 19.1 Å². The van der Waals surface area contributed by atoms with E-state index in [2.05, 4.69) is 10.6 Å². The average Bonchev–Trinajstić information content (AvgIpc) is 2.92. The predicted molar refractivity (Wildman–Crippen MR) is 103 cm³/mol. The number of esters is 1. The van der Waals surface area contributed by atoms with Gasteiger partial charge >= 0.3 is 5.97 Å². The molecule has 2 aliphatic heterocycles. The number of nitrogens with one attached hydrogen (secondary N) is 2. The first-order valence-corrected chi connectivity index (χ1v) is 9.59. The monoisotopic (exact) mass is 378 g/mol. The van der Waals surface area contributed by atoms with E-state index in [1.807, 2.05) is 30.3 Å². The molecule has 0 saturated carbocycles. The van der Waals surface area contributed by atoms with Crippen LogP contribution in [0.3, 0.4) is 0 Å². The van der Waals surface area contributed by atoms with Crippen LogP contribution in [-0.4, -0.2) is 30.4 Å². The van der Waals surface area contributed by atoms with E-state index in [0.717, 1.165) is 24.0 Å². The van der Waals surface area contributed by atoms with Crippen LogP contribution < -0.4 is 10.6 Å². The summed E-state index contributed by atoms with van der Waals surface area (Å²) >= 11 is 0. The molecule has 1 saturated heterocycles. The SMILES string of the molecule is O=C(N[C@H]1CCCCNC1=O)c1ccc2c(c1)C[C@@H](c1ccccc1)OC2=O. The van der Waals surface area contributed by atoms with Crippen LogP contribution in [0.2, 0.25) is 0 Å². The number of ether oxygens (including phenoxy) is 1. The lowest BCUT2D eigenvalue weighted by Gasteiger charge is -2.25. The number of hydrogen-bond donors (Lipinski definition) is 2. The molecular weight excluding hydrogens is 356 g/mol. The zero-order valence-electron chi connectivity index (χ0n) is 15.4. The lowest BCUT2D eigenvalue weighted by Crippen LogP contribution is -2.45. The molecule has 2 amide bonds. The van der Waals surface area contributed by atoms with Crippen molar-refractivity contribution in [2.45, 2.75) is 37.8 Å². The first-order chi connectivity index (χ1) is 13.6. The van der Waals surface area contributed by atoms with Crippen molar-refractivity contribution >= 4 is 17.8 Å².